The summed E-state index contributed by atoms with van der Waals surface area (Å²) in [5.74, 6) is 0.579. The van der Waals surface area contributed by atoms with Crippen molar-refractivity contribution in [3.8, 4) is 22.8 Å². The molecule has 0 radical (unpaired) electrons. The van der Waals surface area contributed by atoms with E-state index in [9.17, 15) is 0 Å². The van der Waals surface area contributed by atoms with Crippen LogP contribution < -0.4 is 11.1 Å². The van der Waals surface area contributed by atoms with E-state index in [4.69, 9.17) is 15.7 Å². The van der Waals surface area contributed by atoms with Crippen molar-refractivity contribution in [2.75, 3.05) is 18.4 Å². The molecule has 4 aromatic rings. The third-order valence-corrected chi connectivity index (χ3v) is 4.22. The van der Waals surface area contributed by atoms with Gasteiger partial charge in [-0.05, 0) is 50.2 Å². The van der Waals surface area contributed by atoms with E-state index in [1.54, 1.807) is 6.20 Å². The van der Waals surface area contributed by atoms with Crippen molar-refractivity contribution in [2.24, 2.45) is 5.73 Å². The smallest absolute Gasteiger partial charge is 0.223 e. The normalized spacial score (nSPS) is 11.0. The van der Waals surface area contributed by atoms with E-state index < -0.39 is 0 Å². The second-order valence-electron chi connectivity index (χ2n) is 6.24. The molecule has 136 valence electrons. The molecule has 0 saturated heterocycles. The van der Waals surface area contributed by atoms with Crippen molar-refractivity contribution in [3.63, 3.8) is 0 Å². The van der Waals surface area contributed by atoms with E-state index in [0.29, 0.717) is 12.5 Å². The molecule has 4 aromatic heterocycles. The molecule has 0 aliphatic rings. The van der Waals surface area contributed by atoms with Crippen molar-refractivity contribution in [3.05, 3.63) is 60.6 Å². The van der Waals surface area contributed by atoms with Gasteiger partial charge in [-0.1, -0.05) is 12.1 Å². The van der Waals surface area contributed by atoms with Crippen LogP contribution in [0.3, 0.4) is 0 Å². The van der Waals surface area contributed by atoms with E-state index in [1.807, 2.05) is 60.0 Å². The van der Waals surface area contributed by atoms with Crippen LogP contribution >= 0.6 is 0 Å². The second kappa shape index (κ2) is 7.51. The summed E-state index contributed by atoms with van der Waals surface area (Å²) in [6.45, 7) is 3.34. The summed E-state index contributed by atoms with van der Waals surface area (Å²) in [4.78, 5) is 18.5. The first-order valence-corrected chi connectivity index (χ1v) is 8.95. The minimum atomic E-state index is 0.579. The lowest BCUT2D eigenvalue weighted by atomic mass is 10.1. The Labute approximate surface area is 157 Å². The number of nitrogens with one attached hydrogen (secondary N) is 1. The molecule has 27 heavy (non-hydrogen) atoms. The van der Waals surface area contributed by atoms with E-state index in [1.165, 1.54) is 0 Å². The largest absolute Gasteiger partial charge is 0.354 e. The highest BCUT2D eigenvalue weighted by molar-refractivity contribution is 5.79. The number of rotatable bonds is 6. The van der Waals surface area contributed by atoms with Gasteiger partial charge in [-0.3, -0.25) is 9.38 Å². The number of nitrogens with two attached hydrogens (primary N) is 1. The molecule has 0 unspecified atom stereocenters. The third kappa shape index (κ3) is 3.50. The SMILES string of the molecule is Cc1cccc(-c2nc3ccccn3c2-c2ccnc(NCCCN)n2)n1. The van der Waals surface area contributed by atoms with Gasteiger partial charge in [-0.2, -0.15) is 0 Å². The molecule has 0 atom stereocenters. The van der Waals surface area contributed by atoms with Crippen molar-refractivity contribution < 1.29 is 0 Å². The minimum absolute atomic E-state index is 0.579. The third-order valence-electron chi connectivity index (χ3n) is 4.22. The van der Waals surface area contributed by atoms with Crippen LogP contribution in [0.25, 0.3) is 28.4 Å². The number of anilines is 1. The van der Waals surface area contributed by atoms with Gasteiger partial charge in [-0.25, -0.2) is 15.0 Å². The fourth-order valence-electron chi connectivity index (χ4n) is 2.97. The Balaban J connectivity index is 1.86. The lowest BCUT2D eigenvalue weighted by Gasteiger charge is -2.08. The van der Waals surface area contributed by atoms with Gasteiger partial charge in [0.1, 0.15) is 17.0 Å². The van der Waals surface area contributed by atoms with E-state index in [-0.39, 0.29) is 0 Å². The molecule has 4 rings (SSSR count). The molecule has 7 nitrogen and oxygen atoms in total. The lowest BCUT2D eigenvalue weighted by Crippen LogP contribution is -2.10. The maximum absolute atomic E-state index is 5.56. The quantitative estimate of drug-likeness (QED) is 0.514. The van der Waals surface area contributed by atoms with Gasteiger partial charge < -0.3 is 11.1 Å². The molecule has 0 bridgehead atoms. The molecule has 0 fully saturated rings. The van der Waals surface area contributed by atoms with Crippen molar-refractivity contribution in [1.29, 1.82) is 0 Å². The van der Waals surface area contributed by atoms with Crippen LogP contribution in [0.15, 0.2) is 54.9 Å². The lowest BCUT2D eigenvalue weighted by molar-refractivity contribution is 0.864. The second-order valence-corrected chi connectivity index (χ2v) is 6.24. The molecule has 0 amide bonds. The van der Waals surface area contributed by atoms with Crippen molar-refractivity contribution in [1.82, 2.24) is 24.3 Å². The summed E-state index contributed by atoms with van der Waals surface area (Å²) in [5.41, 5.74) is 10.7. The summed E-state index contributed by atoms with van der Waals surface area (Å²) in [6, 6.07) is 13.8. The van der Waals surface area contributed by atoms with Crippen LogP contribution in [0.5, 0.6) is 0 Å². The van der Waals surface area contributed by atoms with Crippen LogP contribution in [0, 0.1) is 6.92 Å². The molecule has 0 aliphatic heterocycles. The molecular formula is C20H21N7. The Kier molecular flexibility index (Phi) is 4.76. The maximum atomic E-state index is 5.56. The topological polar surface area (TPSA) is 94.0 Å². The molecule has 0 spiro atoms. The fourth-order valence-corrected chi connectivity index (χ4v) is 2.97. The Bertz CT molecular complexity index is 1070. The first-order valence-electron chi connectivity index (χ1n) is 8.95. The number of fused-ring (bicyclic) bond motifs is 1. The Morgan fingerprint density at radius 1 is 1.00 bits per heavy atom. The number of hydrogen-bond acceptors (Lipinski definition) is 6. The highest BCUT2D eigenvalue weighted by Crippen LogP contribution is 2.31. The van der Waals surface area contributed by atoms with Crippen LogP contribution in [0.1, 0.15) is 12.1 Å². The maximum Gasteiger partial charge on any atom is 0.223 e. The zero-order valence-electron chi connectivity index (χ0n) is 15.1. The average molecular weight is 359 g/mol. The Morgan fingerprint density at radius 3 is 2.78 bits per heavy atom. The monoisotopic (exact) mass is 359 g/mol. The molecule has 0 aliphatic carbocycles. The molecular weight excluding hydrogens is 338 g/mol. The zero-order chi connectivity index (χ0) is 18.6. The van der Waals surface area contributed by atoms with Gasteiger partial charge in [0, 0.05) is 24.6 Å². The van der Waals surface area contributed by atoms with Gasteiger partial charge >= 0.3 is 0 Å². The number of imidazole rings is 1. The van der Waals surface area contributed by atoms with Gasteiger partial charge in [0.25, 0.3) is 0 Å². The number of aromatic nitrogens is 5. The summed E-state index contributed by atoms with van der Waals surface area (Å²) in [7, 11) is 0. The van der Waals surface area contributed by atoms with Crippen molar-refractivity contribution in [2.45, 2.75) is 13.3 Å². The Morgan fingerprint density at radius 2 is 1.93 bits per heavy atom. The summed E-state index contributed by atoms with van der Waals surface area (Å²) >= 11 is 0. The van der Waals surface area contributed by atoms with Crippen LogP contribution in [-0.2, 0) is 0 Å². The van der Waals surface area contributed by atoms with Gasteiger partial charge in [0.05, 0.1) is 11.4 Å². The molecule has 0 saturated carbocycles. The first kappa shape index (κ1) is 17.1. The number of aryl methyl sites for hydroxylation is 1. The standard InChI is InChI=1S/C20H21N7/c1-14-6-4-7-15(24-14)18-19(27-13-3-2-8-17(27)26-18)16-9-12-23-20(25-16)22-11-5-10-21/h2-4,6-9,12-13H,5,10-11,21H2,1H3,(H,22,23,25). The zero-order valence-corrected chi connectivity index (χ0v) is 15.1. The highest BCUT2D eigenvalue weighted by Gasteiger charge is 2.18. The van der Waals surface area contributed by atoms with Gasteiger partial charge in [-0.15, -0.1) is 0 Å². The number of pyridine rings is 2. The van der Waals surface area contributed by atoms with Crippen LogP contribution in [0.2, 0.25) is 0 Å². The summed E-state index contributed by atoms with van der Waals surface area (Å²) in [6.07, 6.45) is 4.60. The Hall–Kier alpha value is -3.32. The van der Waals surface area contributed by atoms with Crippen molar-refractivity contribution >= 4 is 11.6 Å². The fraction of sp³-hybridized carbons (Fsp3) is 0.200. The molecule has 3 N–H and O–H groups in total. The van der Waals surface area contributed by atoms with E-state index in [2.05, 4.69) is 15.3 Å². The first-order chi connectivity index (χ1) is 13.3. The number of nitrogens with zero attached hydrogens (tertiary/aromatic N) is 5. The van der Waals surface area contributed by atoms with E-state index >= 15 is 0 Å². The summed E-state index contributed by atoms with van der Waals surface area (Å²) in [5, 5.41) is 3.22. The van der Waals surface area contributed by atoms with Gasteiger partial charge in [0.15, 0.2) is 0 Å². The average Bonchev–Trinajstić information content (AvgIpc) is 3.08. The predicted octanol–water partition coefficient (Wildman–Crippen LogP) is 2.92. The van der Waals surface area contributed by atoms with E-state index in [0.717, 1.165) is 47.1 Å². The molecule has 0 aromatic carbocycles. The molecule has 4 heterocycles. The summed E-state index contributed by atoms with van der Waals surface area (Å²) < 4.78 is 2.03. The highest BCUT2D eigenvalue weighted by atomic mass is 15.1. The minimum Gasteiger partial charge on any atom is -0.354 e. The van der Waals surface area contributed by atoms with Crippen LogP contribution in [0.4, 0.5) is 5.95 Å². The van der Waals surface area contributed by atoms with Gasteiger partial charge in [0.2, 0.25) is 5.95 Å². The molecule has 7 heteroatoms. The predicted molar refractivity (Wildman–Crippen MR) is 106 cm³/mol. The van der Waals surface area contributed by atoms with Crippen LogP contribution in [-0.4, -0.2) is 37.4 Å². The number of hydrogen-bond donors (Lipinski definition) is 2.